The van der Waals surface area contributed by atoms with E-state index in [4.69, 9.17) is 0 Å². The van der Waals surface area contributed by atoms with Crippen molar-refractivity contribution in [2.45, 2.75) is 52.4 Å². The van der Waals surface area contributed by atoms with E-state index in [0.29, 0.717) is 37.5 Å². The topological polar surface area (TPSA) is 65.9 Å². The smallest absolute Gasteiger partial charge is 0.387 e. The van der Waals surface area contributed by atoms with E-state index in [1.165, 1.54) is 6.07 Å². The summed E-state index contributed by atoms with van der Waals surface area (Å²) < 4.78 is 29.4. The first-order valence-corrected chi connectivity index (χ1v) is 8.21. The summed E-state index contributed by atoms with van der Waals surface area (Å²) in [5, 5.41) is 16.5. The van der Waals surface area contributed by atoms with Gasteiger partial charge in [0.1, 0.15) is 5.75 Å². The van der Waals surface area contributed by atoms with Crippen LogP contribution in [-0.2, 0) is 6.54 Å². The van der Waals surface area contributed by atoms with Crippen molar-refractivity contribution in [3.05, 3.63) is 29.8 Å². The van der Waals surface area contributed by atoms with Crippen molar-refractivity contribution in [3.63, 3.8) is 0 Å². The summed E-state index contributed by atoms with van der Waals surface area (Å²) in [5.74, 6) is 0.635. The van der Waals surface area contributed by atoms with Gasteiger partial charge in [-0.2, -0.15) is 8.78 Å². The molecule has 0 aliphatic rings. The number of alkyl halides is 2. The molecular formula is C17H28F2IN3O2. The van der Waals surface area contributed by atoms with Crippen LogP contribution >= 0.6 is 24.0 Å². The van der Waals surface area contributed by atoms with Gasteiger partial charge in [-0.25, -0.2) is 4.99 Å². The standard InChI is InChI=1S/C17H27F2N3O2.HI/c1-4-17(23,5-2)12-22-16(20-6-3)21-11-13-9-7-8-10-14(13)24-15(18)19;/h7-10,15,23H,4-6,11-12H2,1-3H3,(H2,20,21,22);1H. The SMILES string of the molecule is CCNC(=NCc1ccccc1OC(F)F)NCC(O)(CC)CC.I. The Kier molecular flexibility index (Phi) is 11.7. The maximum absolute atomic E-state index is 12.4. The molecular weight excluding hydrogens is 443 g/mol. The molecule has 0 unspecified atom stereocenters. The van der Waals surface area contributed by atoms with Crippen LogP contribution in [0.25, 0.3) is 0 Å². The van der Waals surface area contributed by atoms with Gasteiger partial charge < -0.3 is 20.5 Å². The molecule has 0 atom stereocenters. The summed E-state index contributed by atoms with van der Waals surface area (Å²) >= 11 is 0. The zero-order chi connectivity index (χ0) is 18.0. The monoisotopic (exact) mass is 471 g/mol. The fraction of sp³-hybridized carbons (Fsp3) is 0.588. The van der Waals surface area contributed by atoms with Gasteiger partial charge in [0.25, 0.3) is 0 Å². The molecule has 0 spiro atoms. The molecule has 0 amide bonds. The Morgan fingerprint density at radius 3 is 2.40 bits per heavy atom. The summed E-state index contributed by atoms with van der Waals surface area (Å²) in [6.07, 6.45) is 1.25. The lowest BCUT2D eigenvalue weighted by Crippen LogP contribution is -2.46. The molecule has 25 heavy (non-hydrogen) atoms. The van der Waals surface area contributed by atoms with Crippen molar-refractivity contribution < 1.29 is 18.6 Å². The van der Waals surface area contributed by atoms with E-state index in [2.05, 4.69) is 20.4 Å². The molecule has 0 aliphatic carbocycles. The van der Waals surface area contributed by atoms with Gasteiger partial charge in [-0.3, -0.25) is 0 Å². The van der Waals surface area contributed by atoms with Crippen LogP contribution in [0.15, 0.2) is 29.3 Å². The fourth-order valence-corrected chi connectivity index (χ4v) is 2.10. The van der Waals surface area contributed by atoms with Crippen molar-refractivity contribution in [3.8, 4) is 5.75 Å². The average Bonchev–Trinajstić information content (AvgIpc) is 2.57. The molecule has 0 radical (unpaired) electrons. The van der Waals surface area contributed by atoms with Gasteiger partial charge in [0.15, 0.2) is 5.96 Å². The Hall–Kier alpha value is -1.16. The van der Waals surface area contributed by atoms with Crippen molar-refractivity contribution >= 4 is 29.9 Å². The van der Waals surface area contributed by atoms with E-state index in [9.17, 15) is 13.9 Å². The molecule has 0 aliphatic heterocycles. The van der Waals surface area contributed by atoms with E-state index in [1.807, 2.05) is 20.8 Å². The largest absolute Gasteiger partial charge is 0.434 e. The number of aliphatic imine (C=N–C) groups is 1. The highest BCUT2D eigenvalue weighted by atomic mass is 127. The molecule has 1 aromatic carbocycles. The van der Waals surface area contributed by atoms with Gasteiger partial charge >= 0.3 is 6.61 Å². The Labute approximate surface area is 165 Å². The van der Waals surface area contributed by atoms with E-state index >= 15 is 0 Å². The summed E-state index contributed by atoms with van der Waals surface area (Å²) in [5.41, 5.74) is -0.233. The second-order valence-electron chi connectivity index (χ2n) is 5.47. The molecule has 8 heteroatoms. The van der Waals surface area contributed by atoms with Crippen molar-refractivity contribution in [2.75, 3.05) is 13.1 Å². The molecule has 0 saturated heterocycles. The average molecular weight is 471 g/mol. The number of halogens is 3. The first-order chi connectivity index (χ1) is 11.4. The third kappa shape index (κ3) is 8.66. The van der Waals surface area contributed by atoms with Crippen LogP contribution in [0.4, 0.5) is 8.78 Å². The number of benzene rings is 1. The maximum atomic E-state index is 12.4. The highest BCUT2D eigenvalue weighted by Gasteiger charge is 2.22. The molecule has 0 aromatic heterocycles. The molecule has 0 heterocycles. The van der Waals surface area contributed by atoms with Crippen molar-refractivity contribution in [1.29, 1.82) is 0 Å². The molecule has 144 valence electrons. The van der Waals surface area contributed by atoms with Gasteiger partial charge in [-0.15, -0.1) is 24.0 Å². The second kappa shape index (κ2) is 12.2. The molecule has 3 N–H and O–H groups in total. The van der Waals surface area contributed by atoms with Crippen molar-refractivity contribution in [2.24, 2.45) is 4.99 Å². The number of nitrogens with one attached hydrogen (secondary N) is 2. The van der Waals surface area contributed by atoms with Gasteiger partial charge in [0.05, 0.1) is 12.1 Å². The lowest BCUT2D eigenvalue weighted by atomic mass is 9.98. The number of aliphatic hydroxyl groups is 1. The molecule has 1 rings (SSSR count). The van der Waals surface area contributed by atoms with Gasteiger partial charge in [-0.05, 0) is 25.8 Å². The number of ether oxygens (including phenoxy) is 1. The lowest BCUT2D eigenvalue weighted by molar-refractivity contribution is -0.0504. The van der Waals surface area contributed by atoms with Crippen molar-refractivity contribution in [1.82, 2.24) is 10.6 Å². The summed E-state index contributed by atoms with van der Waals surface area (Å²) in [6, 6.07) is 6.57. The molecule has 0 saturated carbocycles. The third-order valence-corrected chi connectivity index (χ3v) is 3.84. The molecule has 0 bridgehead atoms. The quantitative estimate of drug-likeness (QED) is 0.293. The normalized spacial score (nSPS) is 11.9. The van der Waals surface area contributed by atoms with Gasteiger partial charge in [-0.1, -0.05) is 32.0 Å². The van der Waals surface area contributed by atoms with E-state index in [-0.39, 0.29) is 36.3 Å². The number of nitrogens with zero attached hydrogens (tertiary/aromatic N) is 1. The lowest BCUT2D eigenvalue weighted by Gasteiger charge is -2.26. The number of rotatable bonds is 9. The van der Waals surface area contributed by atoms with E-state index in [1.54, 1.807) is 18.2 Å². The van der Waals surface area contributed by atoms with Crippen LogP contribution in [0.2, 0.25) is 0 Å². The van der Waals surface area contributed by atoms with Crippen LogP contribution in [0.5, 0.6) is 5.75 Å². The minimum Gasteiger partial charge on any atom is -0.434 e. The second-order valence-corrected chi connectivity index (χ2v) is 5.47. The van der Waals surface area contributed by atoms with E-state index in [0.717, 1.165) is 0 Å². The van der Waals surface area contributed by atoms with E-state index < -0.39 is 12.2 Å². The minimum absolute atomic E-state index is 0. The Bertz CT molecular complexity index is 526. The van der Waals surface area contributed by atoms with Crippen LogP contribution in [0.1, 0.15) is 39.2 Å². The Morgan fingerprint density at radius 1 is 1.20 bits per heavy atom. The van der Waals surface area contributed by atoms with Crippen LogP contribution in [0, 0.1) is 0 Å². The first kappa shape index (κ1) is 23.8. The van der Waals surface area contributed by atoms with Crippen LogP contribution in [0.3, 0.4) is 0 Å². The summed E-state index contributed by atoms with van der Waals surface area (Å²) in [7, 11) is 0. The predicted molar refractivity (Wildman–Crippen MR) is 107 cm³/mol. The first-order valence-electron chi connectivity index (χ1n) is 8.21. The third-order valence-electron chi connectivity index (χ3n) is 3.84. The van der Waals surface area contributed by atoms with Gasteiger partial charge in [0, 0.05) is 18.7 Å². The van der Waals surface area contributed by atoms with Gasteiger partial charge in [0.2, 0.25) is 0 Å². The number of para-hydroxylation sites is 1. The number of hydrogen-bond acceptors (Lipinski definition) is 3. The summed E-state index contributed by atoms with van der Waals surface area (Å²) in [4.78, 5) is 4.38. The summed E-state index contributed by atoms with van der Waals surface area (Å²) in [6.45, 7) is 4.11. The highest BCUT2D eigenvalue weighted by Crippen LogP contribution is 2.21. The molecule has 5 nitrogen and oxygen atoms in total. The highest BCUT2D eigenvalue weighted by molar-refractivity contribution is 14.0. The maximum Gasteiger partial charge on any atom is 0.387 e. The fourth-order valence-electron chi connectivity index (χ4n) is 2.10. The molecule has 0 fully saturated rings. The Balaban J connectivity index is 0.00000576. The van der Waals surface area contributed by atoms with Crippen LogP contribution in [-0.4, -0.2) is 36.4 Å². The zero-order valence-electron chi connectivity index (χ0n) is 14.9. The zero-order valence-corrected chi connectivity index (χ0v) is 17.2. The number of guanidine groups is 1. The Morgan fingerprint density at radius 2 is 1.84 bits per heavy atom. The predicted octanol–water partition coefficient (Wildman–Crippen LogP) is 3.51. The molecule has 1 aromatic rings. The minimum atomic E-state index is -2.87. The number of hydrogen-bond donors (Lipinski definition) is 3. The van der Waals surface area contributed by atoms with Crippen LogP contribution < -0.4 is 15.4 Å².